The Hall–Kier alpha value is -1.79. The molecule has 2 atom stereocenters. The van der Waals surface area contributed by atoms with Crippen LogP contribution in [0, 0.1) is 13.8 Å². The number of rotatable bonds is 4. The van der Waals surface area contributed by atoms with Gasteiger partial charge in [0.25, 0.3) is 0 Å². The summed E-state index contributed by atoms with van der Waals surface area (Å²) in [6, 6.07) is 6.34. The molecule has 6 heteroatoms. The summed E-state index contributed by atoms with van der Waals surface area (Å²) in [6.07, 6.45) is 3.90. The van der Waals surface area contributed by atoms with E-state index in [4.69, 9.17) is 4.74 Å². The summed E-state index contributed by atoms with van der Waals surface area (Å²) in [4.78, 5) is 18.9. The molecule has 0 aliphatic carbocycles. The number of carbonyl (C=O) groups is 1. The molecule has 0 N–H and O–H groups in total. The molecule has 134 valence electrons. The Morgan fingerprint density at radius 2 is 1.96 bits per heavy atom. The van der Waals surface area contributed by atoms with Crippen LogP contribution in [0.3, 0.4) is 0 Å². The van der Waals surface area contributed by atoms with Crippen LogP contribution in [-0.2, 0) is 9.53 Å². The zero-order chi connectivity index (χ0) is 18.0. The molecule has 2 aromatic rings. The molecule has 25 heavy (non-hydrogen) atoms. The van der Waals surface area contributed by atoms with E-state index >= 15 is 0 Å². The maximum Gasteiger partial charge on any atom is 0.233 e. The van der Waals surface area contributed by atoms with Gasteiger partial charge in [0.05, 0.1) is 18.0 Å². The van der Waals surface area contributed by atoms with Gasteiger partial charge in [0, 0.05) is 31.2 Å². The van der Waals surface area contributed by atoms with Gasteiger partial charge < -0.3 is 9.64 Å². The molecule has 5 nitrogen and oxygen atoms in total. The number of benzene rings is 1. The highest BCUT2D eigenvalue weighted by molar-refractivity contribution is 7.99. The van der Waals surface area contributed by atoms with Crippen molar-refractivity contribution < 1.29 is 9.53 Å². The van der Waals surface area contributed by atoms with Crippen LogP contribution in [0.1, 0.15) is 25.0 Å². The number of nitrogens with zero attached hydrogens (tertiary/aromatic N) is 3. The van der Waals surface area contributed by atoms with Gasteiger partial charge in [-0.25, -0.2) is 4.98 Å². The molecule has 0 radical (unpaired) electrons. The van der Waals surface area contributed by atoms with Crippen LogP contribution in [0.25, 0.3) is 5.69 Å². The number of aromatic nitrogens is 2. The Labute approximate surface area is 153 Å². The van der Waals surface area contributed by atoms with Crippen LogP contribution in [0.15, 0.2) is 35.7 Å². The molecule has 1 fully saturated rings. The average molecular weight is 359 g/mol. The highest BCUT2D eigenvalue weighted by atomic mass is 32.2. The summed E-state index contributed by atoms with van der Waals surface area (Å²) in [7, 11) is 0. The average Bonchev–Trinajstić information content (AvgIpc) is 3.02. The molecular weight excluding hydrogens is 334 g/mol. The van der Waals surface area contributed by atoms with Crippen molar-refractivity contribution in [1.29, 1.82) is 0 Å². The predicted molar refractivity (Wildman–Crippen MR) is 100 cm³/mol. The fraction of sp³-hybridized carbons (Fsp3) is 0.474. The first-order chi connectivity index (χ1) is 11.9. The Morgan fingerprint density at radius 3 is 2.64 bits per heavy atom. The Balaban J connectivity index is 1.67. The summed E-state index contributed by atoms with van der Waals surface area (Å²) in [5, 5.41) is 0.839. The number of hydrogen-bond acceptors (Lipinski definition) is 4. The summed E-state index contributed by atoms with van der Waals surface area (Å²) >= 11 is 1.48. The highest BCUT2D eigenvalue weighted by Gasteiger charge is 2.26. The minimum Gasteiger partial charge on any atom is -0.372 e. The second-order valence-corrected chi connectivity index (χ2v) is 7.64. The third-order valence-corrected chi connectivity index (χ3v) is 5.42. The third kappa shape index (κ3) is 4.25. The van der Waals surface area contributed by atoms with Crippen LogP contribution in [-0.4, -0.2) is 51.4 Å². The van der Waals surface area contributed by atoms with Gasteiger partial charge in [-0.3, -0.25) is 9.36 Å². The van der Waals surface area contributed by atoms with E-state index in [2.05, 4.69) is 37.0 Å². The van der Waals surface area contributed by atoms with Gasteiger partial charge in [0.15, 0.2) is 5.16 Å². The van der Waals surface area contributed by atoms with E-state index in [1.54, 1.807) is 6.20 Å². The number of hydrogen-bond donors (Lipinski definition) is 0. The quantitative estimate of drug-likeness (QED) is 0.787. The second kappa shape index (κ2) is 7.62. The fourth-order valence-electron chi connectivity index (χ4n) is 3.07. The SMILES string of the molecule is Cc1ccc(-n2ccnc2SCC(=O)N2CC(C)OC(C)C2)cc1C. The highest BCUT2D eigenvalue weighted by Crippen LogP contribution is 2.23. The number of carbonyl (C=O) groups excluding carboxylic acids is 1. The Kier molecular flexibility index (Phi) is 5.49. The van der Waals surface area contributed by atoms with Crippen LogP contribution in [0.5, 0.6) is 0 Å². The van der Waals surface area contributed by atoms with Crippen molar-refractivity contribution in [3.05, 3.63) is 41.7 Å². The predicted octanol–water partition coefficient (Wildman–Crippen LogP) is 3.22. The van der Waals surface area contributed by atoms with E-state index in [1.165, 1.54) is 22.9 Å². The molecule has 1 amide bonds. The van der Waals surface area contributed by atoms with Crippen LogP contribution in [0.4, 0.5) is 0 Å². The molecule has 1 aliphatic rings. The summed E-state index contributed by atoms with van der Waals surface area (Å²) in [6.45, 7) is 9.55. The van der Waals surface area contributed by atoms with E-state index in [0.29, 0.717) is 18.8 Å². The Bertz CT molecular complexity index is 749. The molecule has 0 bridgehead atoms. The van der Waals surface area contributed by atoms with E-state index < -0.39 is 0 Å². The smallest absolute Gasteiger partial charge is 0.233 e. The zero-order valence-electron chi connectivity index (χ0n) is 15.2. The molecule has 0 saturated carbocycles. The third-order valence-electron chi connectivity index (χ3n) is 4.47. The van der Waals surface area contributed by atoms with E-state index in [1.807, 2.05) is 29.5 Å². The van der Waals surface area contributed by atoms with Gasteiger partial charge in [-0.15, -0.1) is 0 Å². The van der Waals surface area contributed by atoms with Crippen LogP contribution >= 0.6 is 11.8 Å². The lowest BCUT2D eigenvalue weighted by molar-refractivity contribution is -0.140. The van der Waals surface area contributed by atoms with Gasteiger partial charge in [-0.05, 0) is 51.0 Å². The molecular formula is C19H25N3O2S. The van der Waals surface area contributed by atoms with Crippen LogP contribution in [0.2, 0.25) is 0 Å². The maximum absolute atomic E-state index is 12.5. The molecule has 2 unspecified atom stereocenters. The van der Waals surface area contributed by atoms with E-state index in [-0.39, 0.29) is 18.1 Å². The van der Waals surface area contributed by atoms with Crippen molar-refractivity contribution in [2.45, 2.75) is 45.1 Å². The second-order valence-electron chi connectivity index (χ2n) is 6.69. The normalized spacial score (nSPS) is 20.7. The number of thioether (sulfide) groups is 1. The van der Waals surface area contributed by atoms with Crippen LogP contribution < -0.4 is 0 Å². The van der Waals surface area contributed by atoms with Gasteiger partial charge in [-0.1, -0.05) is 17.8 Å². The minimum absolute atomic E-state index is 0.0928. The molecule has 1 aromatic carbocycles. The lowest BCUT2D eigenvalue weighted by Gasteiger charge is -2.35. The summed E-state index contributed by atoms with van der Waals surface area (Å²) in [5.74, 6) is 0.531. The lowest BCUT2D eigenvalue weighted by atomic mass is 10.1. The zero-order valence-corrected chi connectivity index (χ0v) is 16.0. The number of imidazole rings is 1. The molecule has 1 aliphatic heterocycles. The molecule has 3 rings (SSSR count). The van der Waals surface area contributed by atoms with Gasteiger partial charge in [0.2, 0.25) is 5.91 Å². The number of amides is 1. The minimum atomic E-state index is 0.0928. The molecule has 1 saturated heterocycles. The van der Waals surface area contributed by atoms with Crippen molar-refractivity contribution in [3.63, 3.8) is 0 Å². The first kappa shape index (κ1) is 18.0. The van der Waals surface area contributed by atoms with Gasteiger partial charge >= 0.3 is 0 Å². The number of ether oxygens (including phenoxy) is 1. The monoisotopic (exact) mass is 359 g/mol. The summed E-state index contributed by atoms with van der Waals surface area (Å²) in [5.41, 5.74) is 3.59. The standard InChI is InChI=1S/C19H25N3O2S/c1-13-5-6-17(9-14(13)2)22-8-7-20-19(22)25-12-18(23)21-10-15(3)24-16(4)11-21/h5-9,15-16H,10-12H2,1-4H3. The fourth-order valence-corrected chi connectivity index (χ4v) is 3.94. The van der Waals surface area contributed by atoms with E-state index in [9.17, 15) is 4.79 Å². The molecule has 1 aromatic heterocycles. The summed E-state index contributed by atoms with van der Waals surface area (Å²) < 4.78 is 7.73. The topological polar surface area (TPSA) is 47.4 Å². The number of morpholine rings is 1. The largest absolute Gasteiger partial charge is 0.372 e. The van der Waals surface area contributed by atoms with Gasteiger partial charge in [-0.2, -0.15) is 0 Å². The van der Waals surface area contributed by atoms with E-state index in [0.717, 1.165) is 10.8 Å². The number of aryl methyl sites for hydroxylation is 2. The maximum atomic E-state index is 12.5. The lowest BCUT2D eigenvalue weighted by Crippen LogP contribution is -2.48. The molecule has 2 heterocycles. The van der Waals surface area contributed by atoms with Crippen molar-refractivity contribution in [2.24, 2.45) is 0 Å². The Morgan fingerprint density at radius 1 is 1.24 bits per heavy atom. The van der Waals surface area contributed by atoms with Gasteiger partial charge in [0.1, 0.15) is 0 Å². The van der Waals surface area contributed by atoms with Crippen molar-refractivity contribution in [1.82, 2.24) is 14.5 Å². The van der Waals surface area contributed by atoms with Crippen molar-refractivity contribution in [3.8, 4) is 5.69 Å². The van der Waals surface area contributed by atoms with Crippen molar-refractivity contribution >= 4 is 17.7 Å². The first-order valence-electron chi connectivity index (χ1n) is 8.61. The molecule has 0 spiro atoms. The first-order valence-corrected chi connectivity index (χ1v) is 9.59. The van der Waals surface area contributed by atoms with Crippen molar-refractivity contribution in [2.75, 3.05) is 18.8 Å².